The number of nitrogens with zero attached hydrogens (tertiary/aromatic N) is 2. The predicted molar refractivity (Wildman–Crippen MR) is 118 cm³/mol. The number of non-ortho nitro benzene ring substituents is 1. The topological polar surface area (TPSA) is 109 Å². The molecule has 0 saturated carbocycles. The second-order valence-corrected chi connectivity index (χ2v) is 5.92. The van der Waals surface area contributed by atoms with Crippen molar-refractivity contribution in [3.8, 4) is 5.75 Å². The highest BCUT2D eigenvalue weighted by molar-refractivity contribution is 14.0. The number of ether oxygens (including phenoxy) is 1. The molecule has 1 aromatic rings. The van der Waals surface area contributed by atoms with Crippen molar-refractivity contribution in [3.05, 3.63) is 34.4 Å². The van der Waals surface area contributed by atoms with Crippen LogP contribution in [0.1, 0.15) is 39.5 Å². The molecule has 8 nitrogen and oxygen atoms in total. The van der Waals surface area contributed by atoms with E-state index in [9.17, 15) is 15.2 Å². The van der Waals surface area contributed by atoms with E-state index in [0.717, 1.165) is 19.5 Å². The number of guanidine groups is 1. The van der Waals surface area contributed by atoms with E-state index >= 15 is 0 Å². The average molecular weight is 494 g/mol. The van der Waals surface area contributed by atoms with Gasteiger partial charge in [0.2, 0.25) is 0 Å². The Bertz CT molecular complexity index is 555. The fraction of sp³-hybridized carbons (Fsp3) is 0.611. The van der Waals surface area contributed by atoms with Crippen LogP contribution in [-0.2, 0) is 0 Å². The highest BCUT2D eigenvalue weighted by Crippen LogP contribution is 2.17. The summed E-state index contributed by atoms with van der Waals surface area (Å²) < 4.78 is 5.44. The van der Waals surface area contributed by atoms with Gasteiger partial charge in [-0.1, -0.05) is 26.2 Å². The minimum Gasteiger partial charge on any atom is -0.491 e. The molecule has 0 saturated heterocycles. The van der Waals surface area contributed by atoms with Crippen LogP contribution in [0.15, 0.2) is 29.3 Å². The molecule has 1 rings (SSSR count). The SMILES string of the molecule is CCCCCCNC(=NCC(O)COc1ccc([N+](=O)[O-])cc1)NCC.I. The maximum atomic E-state index is 10.6. The minimum atomic E-state index is -0.763. The van der Waals surface area contributed by atoms with Crippen LogP contribution in [0.3, 0.4) is 0 Å². The van der Waals surface area contributed by atoms with Crippen LogP contribution in [0.25, 0.3) is 0 Å². The van der Waals surface area contributed by atoms with Gasteiger partial charge >= 0.3 is 0 Å². The number of hydrogen-bond acceptors (Lipinski definition) is 5. The van der Waals surface area contributed by atoms with Gasteiger partial charge in [0.15, 0.2) is 5.96 Å². The third-order valence-electron chi connectivity index (χ3n) is 3.62. The zero-order chi connectivity index (χ0) is 19.2. The smallest absolute Gasteiger partial charge is 0.269 e. The summed E-state index contributed by atoms with van der Waals surface area (Å²) in [6.45, 7) is 6.04. The first-order chi connectivity index (χ1) is 12.6. The Kier molecular flexibility index (Phi) is 14.5. The minimum absolute atomic E-state index is 0. The molecule has 0 radical (unpaired) electrons. The monoisotopic (exact) mass is 494 g/mol. The molecule has 0 aliphatic rings. The van der Waals surface area contributed by atoms with Gasteiger partial charge in [-0.15, -0.1) is 24.0 Å². The Balaban J connectivity index is 0.00000676. The molecule has 0 bridgehead atoms. The van der Waals surface area contributed by atoms with Gasteiger partial charge in [0, 0.05) is 25.2 Å². The Morgan fingerprint density at radius 3 is 2.52 bits per heavy atom. The number of halogens is 1. The molecule has 0 aromatic heterocycles. The quantitative estimate of drug-likeness (QED) is 0.103. The van der Waals surface area contributed by atoms with E-state index in [1.54, 1.807) is 0 Å². The van der Waals surface area contributed by atoms with Crippen LogP contribution in [0.5, 0.6) is 5.75 Å². The maximum Gasteiger partial charge on any atom is 0.269 e. The van der Waals surface area contributed by atoms with E-state index in [4.69, 9.17) is 4.74 Å². The van der Waals surface area contributed by atoms with Crippen molar-refractivity contribution >= 4 is 35.6 Å². The number of hydrogen-bond donors (Lipinski definition) is 3. The fourth-order valence-electron chi connectivity index (χ4n) is 2.21. The van der Waals surface area contributed by atoms with Gasteiger partial charge in [-0.05, 0) is 25.5 Å². The van der Waals surface area contributed by atoms with Crippen molar-refractivity contribution in [1.29, 1.82) is 0 Å². The zero-order valence-corrected chi connectivity index (χ0v) is 18.3. The normalized spacial score (nSPS) is 12.0. The number of nitro benzene ring substituents is 1. The molecular formula is C18H31IN4O4. The molecule has 3 N–H and O–H groups in total. The standard InChI is InChI=1S/C18H30N4O4.HI/c1-3-5-6-7-12-20-18(19-4-2)21-13-16(23)14-26-17-10-8-15(9-11-17)22(24)25;/h8-11,16,23H,3-7,12-14H2,1-2H3,(H2,19,20,21);1H. The maximum absolute atomic E-state index is 10.6. The van der Waals surface area contributed by atoms with E-state index in [1.807, 2.05) is 6.92 Å². The number of aliphatic hydroxyl groups excluding tert-OH is 1. The molecule has 1 unspecified atom stereocenters. The van der Waals surface area contributed by atoms with Crippen molar-refractivity contribution in [2.45, 2.75) is 45.6 Å². The second-order valence-electron chi connectivity index (χ2n) is 5.92. The summed E-state index contributed by atoms with van der Waals surface area (Å²) in [5.74, 6) is 1.15. The molecule has 0 amide bonds. The van der Waals surface area contributed by atoms with Crippen molar-refractivity contribution in [3.63, 3.8) is 0 Å². The lowest BCUT2D eigenvalue weighted by Gasteiger charge is -2.13. The lowest BCUT2D eigenvalue weighted by Crippen LogP contribution is -2.38. The molecule has 1 aromatic carbocycles. The summed E-state index contributed by atoms with van der Waals surface area (Å²) in [4.78, 5) is 14.5. The molecule has 1 atom stereocenters. The fourth-order valence-corrected chi connectivity index (χ4v) is 2.21. The van der Waals surface area contributed by atoms with Gasteiger partial charge in [0.1, 0.15) is 18.5 Å². The number of benzene rings is 1. The predicted octanol–water partition coefficient (Wildman–Crippen LogP) is 3.09. The van der Waals surface area contributed by atoms with Gasteiger partial charge in [0.05, 0.1) is 11.5 Å². The lowest BCUT2D eigenvalue weighted by molar-refractivity contribution is -0.384. The average Bonchev–Trinajstić information content (AvgIpc) is 2.64. The third kappa shape index (κ3) is 11.6. The third-order valence-corrected chi connectivity index (χ3v) is 3.62. The first kappa shape index (κ1) is 25.4. The van der Waals surface area contributed by atoms with Gasteiger partial charge in [-0.3, -0.25) is 15.1 Å². The highest BCUT2D eigenvalue weighted by atomic mass is 127. The van der Waals surface area contributed by atoms with Crippen LogP contribution >= 0.6 is 24.0 Å². The van der Waals surface area contributed by atoms with Crippen LogP contribution in [-0.4, -0.2) is 48.3 Å². The summed E-state index contributed by atoms with van der Waals surface area (Å²) in [7, 11) is 0. The van der Waals surface area contributed by atoms with E-state index in [2.05, 4.69) is 22.5 Å². The van der Waals surface area contributed by atoms with Gasteiger partial charge in [-0.2, -0.15) is 0 Å². The van der Waals surface area contributed by atoms with Crippen molar-refractivity contribution in [2.75, 3.05) is 26.2 Å². The molecule has 0 spiro atoms. The first-order valence-corrected chi connectivity index (χ1v) is 9.14. The Hall–Kier alpha value is -1.62. The highest BCUT2D eigenvalue weighted by Gasteiger charge is 2.08. The van der Waals surface area contributed by atoms with Crippen LogP contribution < -0.4 is 15.4 Å². The van der Waals surface area contributed by atoms with E-state index in [-0.39, 0.29) is 42.8 Å². The van der Waals surface area contributed by atoms with Gasteiger partial charge in [-0.25, -0.2) is 0 Å². The molecule has 154 valence electrons. The number of nitrogens with one attached hydrogen (secondary N) is 2. The summed E-state index contributed by atoms with van der Waals surface area (Å²) in [5, 5.41) is 27.0. The van der Waals surface area contributed by atoms with E-state index < -0.39 is 11.0 Å². The Morgan fingerprint density at radius 1 is 1.22 bits per heavy atom. The zero-order valence-electron chi connectivity index (χ0n) is 16.0. The largest absolute Gasteiger partial charge is 0.491 e. The van der Waals surface area contributed by atoms with E-state index in [0.29, 0.717) is 11.7 Å². The van der Waals surface area contributed by atoms with Crippen LogP contribution in [0.2, 0.25) is 0 Å². The van der Waals surface area contributed by atoms with E-state index in [1.165, 1.54) is 43.5 Å². The Labute approximate surface area is 178 Å². The lowest BCUT2D eigenvalue weighted by atomic mass is 10.2. The van der Waals surface area contributed by atoms with Crippen molar-refractivity contribution in [1.82, 2.24) is 10.6 Å². The van der Waals surface area contributed by atoms with Crippen LogP contribution in [0.4, 0.5) is 5.69 Å². The molecule has 9 heteroatoms. The molecule has 0 aliphatic carbocycles. The molecular weight excluding hydrogens is 463 g/mol. The molecule has 0 heterocycles. The van der Waals surface area contributed by atoms with Crippen molar-refractivity contribution < 1.29 is 14.8 Å². The summed E-state index contributed by atoms with van der Waals surface area (Å²) >= 11 is 0. The number of aliphatic hydroxyl groups is 1. The number of rotatable bonds is 12. The number of aliphatic imine (C=N–C) groups is 1. The van der Waals surface area contributed by atoms with Crippen LogP contribution in [0, 0.1) is 10.1 Å². The summed E-state index contributed by atoms with van der Waals surface area (Å²) in [6, 6.07) is 5.75. The number of unbranched alkanes of at least 4 members (excludes halogenated alkanes) is 3. The second kappa shape index (κ2) is 15.4. The van der Waals surface area contributed by atoms with Gasteiger partial charge < -0.3 is 20.5 Å². The Morgan fingerprint density at radius 2 is 1.93 bits per heavy atom. The first-order valence-electron chi connectivity index (χ1n) is 9.14. The van der Waals surface area contributed by atoms with Crippen molar-refractivity contribution in [2.24, 2.45) is 4.99 Å². The molecule has 0 fully saturated rings. The van der Waals surface area contributed by atoms with Gasteiger partial charge in [0.25, 0.3) is 5.69 Å². The number of nitro groups is 1. The molecule has 27 heavy (non-hydrogen) atoms. The summed E-state index contributed by atoms with van der Waals surface area (Å²) in [5.41, 5.74) is 0.00258. The summed E-state index contributed by atoms with van der Waals surface area (Å²) in [6.07, 6.45) is 3.95. The molecule has 0 aliphatic heterocycles.